The van der Waals surface area contributed by atoms with Crippen molar-refractivity contribution < 1.29 is 22.7 Å². The van der Waals surface area contributed by atoms with Crippen LogP contribution in [0, 0.1) is 13.8 Å². The first-order valence-corrected chi connectivity index (χ1v) is 12.0. The van der Waals surface area contributed by atoms with E-state index in [1.54, 1.807) is 19.2 Å². The SMILES string of the molecule is COc1ccc(CCNC(=O)COc2ccc(S(=O)(=O)Nc3cc(C)cc(C)c3)cc2)cc1. The smallest absolute Gasteiger partial charge is 0.261 e. The van der Waals surface area contributed by atoms with E-state index in [4.69, 9.17) is 9.47 Å². The molecule has 3 rings (SSSR count). The molecule has 0 aromatic heterocycles. The van der Waals surface area contributed by atoms with Gasteiger partial charge in [0.05, 0.1) is 12.0 Å². The number of benzene rings is 3. The molecule has 0 atom stereocenters. The van der Waals surface area contributed by atoms with Gasteiger partial charge in [0.2, 0.25) is 0 Å². The summed E-state index contributed by atoms with van der Waals surface area (Å²) >= 11 is 0. The van der Waals surface area contributed by atoms with Crippen LogP contribution in [0.1, 0.15) is 16.7 Å². The number of methoxy groups -OCH3 is 1. The van der Waals surface area contributed by atoms with Crippen molar-refractivity contribution in [3.05, 3.63) is 83.4 Å². The monoisotopic (exact) mass is 468 g/mol. The lowest BCUT2D eigenvalue weighted by atomic mass is 10.1. The molecule has 7 nitrogen and oxygen atoms in total. The van der Waals surface area contributed by atoms with Gasteiger partial charge in [-0.25, -0.2) is 8.42 Å². The van der Waals surface area contributed by atoms with E-state index < -0.39 is 10.0 Å². The molecule has 1 amide bonds. The number of hydrogen-bond acceptors (Lipinski definition) is 5. The number of anilines is 1. The summed E-state index contributed by atoms with van der Waals surface area (Å²) in [5.41, 5.74) is 3.54. The van der Waals surface area contributed by atoms with Crippen molar-refractivity contribution in [2.45, 2.75) is 25.2 Å². The van der Waals surface area contributed by atoms with E-state index in [1.807, 2.05) is 44.2 Å². The van der Waals surface area contributed by atoms with Crippen molar-refractivity contribution in [1.29, 1.82) is 0 Å². The highest BCUT2D eigenvalue weighted by Gasteiger charge is 2.15. The number of carbonyl (C=O) groups excluding carboxylic acids is 1. The van der Waals surface area contributed by atoms with Gasteiger partial charge < -0.3 is 14.8 Å². The van der Waals surface area contributed by atoms with Gasteiger partial charge in [-0.2, -0.15) is 0 Å². The second kappa shape index (κ2) is 10.9. The van der Waals surface area contributed by atoms with Crippen LogP contribution in [0.15, 0.2) is 71.6 Å². The fraction of sp³-hybridized carbons (Fsp3) is 0.240. The summed E-state index contributed by atoms with van der Waals surface area (Å²) in [5, 5.41) is 2.80. The first-order valence-electron chi connectivity index (χ1n) is 10.5. The van der Waals surface area contributed by atoms with Crippen molar-refractivity contribution in [2.24, 2.45) is 0 Å². The highest BCUT2D eigenvalue weighted by atomic mass is 32.2. The van der Waals surface area contributed by atoms with Crippen LogP contribution < -0.4 is 19.5 Å². The van der Waals surface area contributed by atoms with Gasteiger partial charge in [0.15, 0.2) is 6.61 Å². The largest absolute Gasteiger partial charge is 0.497 e. The van der Waals surface area contributed by atoms with Crippen LogP contribution in [-0.4, -0.2) is 34.6 Å². The predicted octanol–water partition coefficient (Wildman–Crippen LogP) is 3.85. The van der Waals surface area contributed by atoms with Gasteiger partial charge in [-0.15, -0.1) is 0 Å². The zero-order chi connectivity index (χ0) is 23.8. The number of rotatable bonds is 10. The topological polar surface area (TPSA) is 93.7 Å². The summed E-state index contributed by atoms with van der Waals surface area (Å²) in [5.74, 6) is 0.943. The first kappa shape index (κ1) is 24.1. The molecule has 8 heteroatoms. The Kier molecular flexibility index (Phi) is 7.95. The maximum atomic E-state index is 12.6. The van der Waals surface area contributed by atoms with Crippen LogP contribution >= 0.6 is 0 Å². The number of ether oxygens (including phenoxy) is 2. The van der Waals surface area contributed by atoms with E-state index in [-0.39, 0.29) is 17.4 Å². The fourth-order valence-corrected chi connectivity index (χ4v) is 4.34. The Hall–Kier alpha value is -3.52. The van der Waals surface area contributed by atoms with E-state index in [0.717, 1.165) is 22.4 Å². The Balaban J connectivity index is 1.47. The summed E-state index contributed by atoms with van der Waals surface area (Å²) in [6, 6.07) is 19.1. The zero-order valence-corrected chi connectivity index (χ0v) is 19.7. The van der Waals surface area contributed by atoms with Gasteiger partial charge in [0.25, 0.3) is 15.9 Å². The third-order valence-corrected chi connectivity index (χ3v) is 6.27. The molecule has 0 heterocycles. The van der Waals surface area contributed by atoms with Crippen molar-refractivity contribution in [3.63, 3.8) is 0 Å². The lowest BCUT2D eigenvalue weighted by Gasteiger charge is -2.11. The number of nitrogens with one attached hydrogen (secondary N) is 2. The number of amides is 1. The van der Waals surface area contributed by atoms with Crippen molar-refractivity contribution >= 4 is 21.6 Å². The van der Waals surface area contributed by atoms with Crippen LogP contribution in [0.5, 0.6) is 11.5 Å². The molecule has 3 aromatic carbocycles. The van der Waals surface area contributed by atoms with Gasteiger partial charge in [-0.1, -0.05) is 18.2 Å². The van der Waals surface area contributed by atoms with Crippen LogP contribution in [0.2, 0.25) is 0 Å². The third kappa shape index (κ3) is 7.25. The summed E-state index contributed by atoms with van der Waals surface area (Å²) < 4.78 is 38.5. The molecule has 0 spiro atoms. The number of carbonyl (C=O) groups is 1. The minimum absolute atomic E-state index is 0.109. The molecule has 0 bridgehead atoms. The Morgan fingerprint density at radius 3 is 2.09 bits per heavy atom. The molecule has 0 aliphatic heterocycles. The molecule has 0 aliphatic carbocycles. The van der Waals surface area contributed by atoms with Gasteiger partial charge >= 0.3 is 0 Å². The number of hydrogen-bond donors (Lipinski definition) is 2. The van der Waals surface area contributed by atoms with Crippen molar-refractivity contribution in [1.82, 2.24) is 5.32 Å². The average molecular weight is 469 g/mol. The summed E-state index contributed by atoms with van der Waals surface area (Å²) in [6.07, 6.45) is 0.690. The Morgan fingerprint density at radius 1 is 0.879 bits per heavy atom. The van der Waals surface area contributed by atoms with Crippen LogP contribution in [-0.2, 0) is 21.2 Å². The predicted molar refractivity (Wildman–Crippen MR) is 128 cm³/mol. The molecule has 2 N–H and O–H groups in total. The quantitative estimate of drug-likeness (QED) is 0.471. The molecule has 3 aromatic rings. The van der Waals surface area contributed by atoms with Crippen LogP contribution in [0.25, 0.3) is 0 Å². The van der Waals surface area contributed by atoms with E-state index in [2.05, 4.69) is 10.0 Å². The molecule has 0 saturated heterocycles. The molecule has 0 saturated carbocycles. The van der Waals surface area contributed by atoms with Gasteiger partial charge in [-0.3, -0.25) is 9.52 Å². The molecular formula is C25H28N2O5S. The van der Waals surface area contributed by atoms with E-state index >= 15 is 0 Å². The molecule has 0 fully saturated rings. The van der Waals surface area contributed by atoms with Gasteiger partial charge in [0, 0.05) is 12.2 Å². The Morgan fingerprint density at radius 2 is 1.48 bits per heavy atom. The van der Waals surface area contributed by atoms with E-state index in [1.165, 1.54) is 24.3 Å². The molecule has 0 unspecified atom stereocenters. The highest BCUT2D eigenvalue weighted by molar-refractivity contribution is 7.92. The molecule has 0 aliphatic rings. The summed E-state index contributed by atoms with van der Waals surface area (Å²) in [6.45, 7) is 4.14. The highest BCUT2D eigenvalue weighted by Crippen LogP contribution is 2.21. The number of sulfonamides is 1. The minimum atomic E-state index is -3.73. The standard InChI is InChI=1S/C25H28N2O5S/c1-18-14-19(2)16-21(15-18)27-33(29,30)24-10-8-23(9-11-24)32-17-25(28)26-13-12-20-4-6-22(31-3)7-5-20/h4-11,14-16,27H,12-13,17H2,1-3H3,(H,26,28). The average Bonchev–Trinajstić information content (AvgIpc) is 2.77. The first-order chi connectivity index (χ1) is 15.7. The van der Waals surface area contributed by atoms with Gasteiger partial charge in [0.1, 0.15) is 11.5 Å². The lowest BCUT2D eigenvalue weighted by molar-refractivity contribution is -0.123. The minimum Gasteiger partial charge on any atom is -0.497 e. The lowest BCUT2D eigenvalue weighted by Crippen LogP contribution is -2.30. The molecular weight excluding hydrogens is 440 g/mol. The third-order valence-electron chi connectivity index (χ3n) is 4.87. The van der Waals surface area contributed by atoms with E-state index in [0.29, 0.717) is 24.4 Å². The summed E-state index contributed by atoms with van der Waals surface area (Å²) in [7, 11) is -2.11. The second-order valence-corrected chi connectivity index (χ2v) is 9.37. The van der Waals surface area contributed by atoms with Crippen molar-refractivity contribution in [2.75, 3.05) is 25.0 Å². The second-order valence-electron chi connectivity index (χ2n) is 7.69. The molecule has 33 heavy (non-hydrogen) atoms. The van der Waals surface area contributed by atoms with Crippen LogP contribution in [0.3, 0.4) is 0 Å². The van der Waals surface area contributed by atoms with Crippen LogP contribution in [0.4, 0.5) is 5.69 Å². The Labute approximate surface area is 194 Å². The fourth-order valence-electron chi connectivity index (χ4n) is 3.30. The number of aryl methyl sites for hydroxylation is 2. The Bertz CT molecular complexity index is 1170. The maximum Gasteiger partial charge on any atom is 0.261 e. The van der Waals surface area contributed by atoms with Gasteiger partial charge in [-0.05, 0) is 85.5 Å². The maximum absolute atomic E-state index is 12.6. The summed E-state index contributed by atoms with van der Waals surface area (Å²) in [4.78, 5) is 12.1. The molecule has 174 valence electrons. The normalized spacial score (nSPS) is 11.0. The van der Waals surface area contributed by atoms with Crippen molar-refractivity contribution in [3.8, 4) is 11.5 Å². The molecule has 0 radical (unpaired) electrons. The zero-order valence-electron chi connectivity index (χ0n) is 18.9. The van der Waals surface area contributed by atoms with E-state index in [9.17, 15) is 13.2 Å².